The summed E-state index contributed by atoms with van der Waals surface area (Å²) in [5.41, 5.74) is 7.83. The lowest BCUT2D eigenvalue weighted by molar-refractivity contribution is 0.415. The van der Waals surface area contributed by atoms with E-state index in [-0.39, 0.29) is 0 Å². The number of hydrogen-bond acceptors (Lipinski definition) is 3. The summed E-state index contributed by atoms with van der Waals surface area (Å²) in [6.45, 7) is 7.71. The van der Waals surface area contributed by atoms with Crippen molar-refractivity contribution in [1.82, 2.24) is 0 Å². The Balaban J connectivity index is 2.87. The van der Waals surface area contributed by atoms with Crippen molar-refractivity contribution < 1.29 is 4.74 Å². The number of methoxy groups -OCH3 is 1. The SMILES string of the molecule is CCCCCN(c1cc(N)cc(OC)c1)C(C)C. The fraction of sp³-hybridized carbons (Fsp3) is 0.600. The van der Waals surface area contributed by atoms with Crippen LogP contribution in [-0.4, -0.2) is 19.7 Å². The molecule has 0 unspecified atom stereocenters. The van der Waals surface area contributed by atoms with E-state index in [1.165, 1.54) is 19.3 Å². The number of unbranched alkanes of at least 4 members (excludes halogenated alkanes) is 2. The molecule has 102 valence electrons. The molecular formula is C15H26N2O. The summed E-state index contributed by atoms with van der Waals surface area (Å²) in [4.78, 5) is 2.38. The molecule has 0 bridgehead atoms. The first-order valence-corrected chi connectivity index (χ1v) is 6.79. The predicted molar refractivity (Wildman–Crippen MR) is 79.4 cm³/mol. The minimum absolute atomic E-state index is 0.466. The van der Waals surface area contributed by atoms with Gasteiger partial charge in [0.25, 0.3) is 0 Å². The van der Waals surface area contributed by atoms with Crippen molar-refractivity contribution in [3.05, 3.63) is 18.2 Å². The monoisotopic (exact) mass is 250 g/mol. The van der Waals surface area contributed by atoms with Crippen molar-refractivity contribution >= 4 is 11.4 Å². The summed E-state index contributed by atoms with van der Waals surface area (Å²) < 4.78 is 5.28. The number of rotatable bonds is 7. The number of nitrogen functional groups attached to an aromatic ring is 1. The Morgan fingerprint density at radius 3 is 2.50 bits per heavy atom. The van der Waals surface area contributed by atoms with Crippen LogP contribution in [0.2, 0.25) is 0 Å². The molecule has 0 aliphatic rings. The van der Waals surface area contributed by atoms with E-state index < -0.39 is 0 Å². The predicted octanol–water partition coefficient (Wildman–Crippen LogP) is 3.68. The van der Waals surface area contributed by atoms with Crippen molar-refractivity contribution in [3.8, 4) is 5.75 Å². The summed E-state index contributed by atoms with van der Waals surface area (Å²) in [7, 11) is 1.68. The second kappa shape index (κ2) is 7.14. The summed E-state index contributed by atoms with van der Waals surface area (Å²) in [5, 5.41) is 0. The fourth-order valence-corrected chi connectivity index (χ4v) is 2.11. The maximum absolute atomic E-state index is 5.92. The van der Waals surface area contributed by atoms with E-state index in [4.69, 9.17) is 10.5 Å². The Bertz CT molecular complexity index is 364. The summed E-state index contributed by atoms with van der Waals surface area (Å²) in [6, 6.07) is 6.40. The zero-order valence-electron chi connectivity index (χ0n) is 12.1. The average Bonchev–Trinajstić information content (AvgIpc) is 2.33. The van der Waals surface area contributed by atoms with E-state index in [0.29, 0.717) is 6.04 Å². The molecule has 1 aromatic rings. The molecule has 0 amide bonds. The largest absolute Gasteiger partial charge is 0.497 e. The Kier molecular flexibility index (Phi) is 5.83. The van der Waals surface area contributed by atoms with Crippen molar-refractivity contribution in [2.45, 2.75) is 46.1 Å². The van der Waals surface area contributed by atoms with Gasteiger partial charge in [-0.1, -0.05) is 19.8 Å². The van der Waals surface area contributed by atoms with Gasteiger partial charge in [0.2, 0.25) is 0 Å². The molecule has 1 aromatic carbocycles. The van der Waals surface area contributed by atoms with Crippen LogP contribution in [0.5, 0.6) is 5.75 Å². The first kappa shape index (κ1) is 14.7. The molecule has 0 radical (unpaired) electrons. The number of anilines is 2. The van der Waals surface area contributed by atoms with Gasteiger partial charge in [-0.15, -0.1) is 0 Å². The third kappa shape index (κ3) is 4.13. The molecule has 0 heterocycles. The number of benzene rings is 1. The highest BCUT2D eigenvalue weighted by molar-refractivity contribution is 5.60. The standard InChI is InChI=1S/C15H26N2O/c1-5-6-7-8-17(12(2)3)14-9-13(16)10-15(11-14)18-4/h9-12H,5-8,16H2,1-4H3. The van der Waals surface area contributed by atoms with Crippen molar-refractivity contribution in [1.29, 1.82) is 0 Å². The molecule has 0 spiro atoms. The molecule has 0 aliphatic heterocycles. The van der Waals surface area contributed by atoms with E-state index in [1.807, 2.05) is 12.1 Å². The third-order valence-corrected chi connectivity index (χ3v) is 3.11. The highest BCUT2D eigenvalue weighted by Gasteiger charge is 2.11. The highest BCUT2D eigenvalue weighted by Crippen LogP contribution is 2.27. The van der Waals surface area contributed by atoms with Gasteiger partial charge in [-0.3, -0.25) is 0 Å². The average molecular weight is 250 g/mol. The van der Waals surface area contributed by atoms with Gasteiger partial charge >= 0.3 is 0 Å². The number of ether oxygens (including phenoxy) is 1. The third-order valence-electron chi connectivity index (χ3n) is 3.11. The normalized spacial score (nSPS) is 10.7. The molecule has 18 heavy (non-hydrogen) atoms. The first-order chi connectivity index (χ1) is 8.58. The lowest BCUT2D eigenvalue weighted by Crippen LogP contribution is -2.31. The van der Waals surface area contributed by atoms with Gasteiger partial charge < -0.3 is 15.4 Å². The fourth-order valence-electron chi connectivity index (χ4n) is 2.11. The molecule has 2 N–H and O–H groups in total. The van der Waals surface area contributed by atoms with Gasteiger partial charge in [0.15, 0.2) is 0 Å². The smallest absolute Gasteiger partial charge is 0.122 e. The molecule has 0 saturated carbocycles. The van der Waals surface area contributed by atoms with Gasteiger partial charge in [0, 0.05) is 36.1 Å². The van der Waals surface area contributed by atoms with Crippen molar-refractivity contribution in [3.63, 3.8) is 0 Å². The molecule has 0 fully saturated rings. The first-order valence-electron chi connectivity index (χ1n) is 6.79. The van der Waals surface area contributed by atoms with Crippen LogP contribution < -0.4 is 15.4 Å². The van der Waals surface area contributed by atoms with Gasteiger partial charge in [-0.25, -0.2) is 0 Å². The zero-order chi connectivity index (χ0) is 13.5. The molecule has 0 saturated heterocycles. The summed E-state index contributed by atoms with van der Waals surface area (Å²) >= 11 is 0. The topological polar surface area (TPSA) is 38.5 Å². The molecular weight excluding hydrogens is 224 g/mol. The maximum Gasteiger partial charge on any atom is 0.122 e. The van der Waals surface area contributed by atoms with Crippen LogP contribution in [-0.2, 0) is 0 Å². The maximum atomic E-state index is 5.92. The van der Waals surface area contributed by atoms with Crippen LogP contribution in [0.3, 0.4) is 0 Å². The van der Waals surface area contributed by atoms with Crippen molar-refractivity contribution in [2.24, 2.45) is 0 Å². The number of nitrogens with two attached hydrogens (primary N) is 1. The summed E-state index contributed by atoms with van der Waals surface area (Å²) in [6.07, 6.45) is 3.72. The lowest BCUT2D eigenvalue weighted by Gasteiger charge is -2.29. The number of nitrogens with zero attached hydrogens (tertiary/aromatic N) is 1. The lowest BCUT2D eigenvalue weighted by atomic mass is 10.1. The Morgan fingerprint density at radius 1 is 1.22 bits per heavy atom. The van der Waals surface area contributed by atoms with Gasteiger partial charge in [-0.05, 0) is 26.3 Å². The van der Waals surface area contributed by atoms with Crippen LogP contribution in [0.25, 0.3) is 0 Å². The highest BCUT2D eigenvalue weighted by atomic mass is 16.5. The van der Waals surface area contributed by atoms with E-state index >= 15 is 0 Å². The van der Waals surface area contributed by atoms with Crippen LogP contribution in [0.15, 0.2) is 18.2 Å². The van der Waals surface area contributed by atoms with Crippen LogP contribution in [0, 0.1) is 0 Å². The molecule has 3 nitrogen and oxygen atoms in total. The van der Waals surface area contributed by atoms with Crippen LogP contribution >= 0.6 is 0 Å². The van der Waals surface area contributed by atoms with Gasteiger partial charge in [0.05, 0.1) is 7.11 Å². The van der Waals surface area contributed by atoms with Gasteiger partial charge in [-0.2, -0.15) is 0 Å². The quantitative estimate of drug-likeness (QED) is 0.592. The summed E-state index contributed by atoms with van der Waals surface area (Å²) in [5.74, 6) is 0.825. The van der Waals surface area contributed by atoms with Crippen molar-refractivity contribution in [2.75, 3.05) is 24.3 Å². The molecule has 3 heteroatoms. The molecule has 0 atom stereocenters. The minimum Gasteiger partial charge on any atom is -0.497 e. The Hall–Kier alpha value is -1.38. The second-order valence-corrected chi connectivity index (χ2v) is 4.96. The Labute approximate surface area is 111 Å². The van der Waals surface area contributed by atoms with E-state index in [0.717, 1.165) is 23.7 Å². The van der Waals surface area contributed by atoms with E-state index in [1.54, 1.807) is 7.11 Å². The van der Waals surface area contributed by atoms with Gasteiger partial charge in [0.1, 0.15) is 5.75 Å². The van der Waals surface area contributed by atoms with Crippen LogP contribution in [0.1, 0.15) is 40.0 Å². The molecule has 0 aliphatic carbocycles. The number of hydrogen-bond donors (Lipinski definition) is 1. The van der Waals surface area contributed by atoms with E-state index in [9.17, 15) is 0 Å². The van der Waals surface area contributed by atoms with Crippen LogP contribution in [0.4, 0.5) is 11.4 Å². The minimum atomic E-state index is 0.466. The van der Waals surface area contributed by atoms with E-state index in [2.05, 4.69) is 31.7 Å². The molecule has 1 rings (SSSR count). The zero-order valence-corrected chi connectivity index (χ0v) is 12.1. The second-order valence-electron chi connectivity index (χ2n) is 4.96. The Morgan fingerprint density at radius 2 is 1.94 bits per heavy atom. The molecule has 0 aromatic heterocycles.